The Morgan fingerprint density at radius 2 is 1.35 bits per heavy atom. The second-order valence-electron chi connectivity index (χ2n) is 12.4. The second kappa shape index (κ2) is 12.0. The lowest BCUT2D eigenvalue weighted by Crippen LogP contribution is -2.31. The topological polar surface area (TPSA) is 174 Å². The Morgan fingerprint density at radius 3 is 1.85 bits per heavy atom. The zero-order valence-electron chi connectivity index (χ0n) is 26.4. The Morgan fingerprint density at radius 1 is 0.771 bits per heavy atom. The molecule has 2 fully saturated rings. The zero-order chi connectivity index (χ0) is 32.7. The quantitative estimate of drug-likeness (QED) is 0.125. The number of fused-ring (bicyclic) bond motifs is 4. The second-order valence-corrected chi connectivity index (χ2v) is 12.4. The molecule has 0 amide bonds. The molecule has 9 rings (SSSR count). The predicted octanol–water partition coefficient (Wildman–Crippen LogP) is 3.68. The minimum absolute atomic E-state index is 0.0463. The number of aryl methyl sites for hydroxylation is 1. The third-order valence-corrected chi connectivity index (χ3v) is 9.56. The summed E-state index contributed by atoms with van der Waals surface area (Å²) in [5.41, 5.74) is 11.2. The molecule has 4 aliphatic heterocycles. The minimum atomic E-state index is -0.247. The lowest BCUT2D eigenvalue weighted by atomic mass is 9.92. The smallest absolute Gasteiger partial charge is 0.223 e. The van der Waals surface area contributed by atoms with E-state index in [9.17, 15) is 0 Å². The molecular formula is C34H34N10O4. The van der Waals surface area contributed by atoms with E-state index in [1.807, 2.05) is 24.3 Å². The van der Waals surface area contributed by atoms with Crippen molar-refractivity contribution in [3.8, 4) is 11.5 Å². The maximum absolute atomic E-state index is 8.67. The first-order valence-corrected chi connectivity index (χ1v) is 15.9. The summed E-state index contributed by atoms with van der Waals surface area (Å²) in [6.07, 6.45) is 1.88. The van der Waals surface area contributed by atoms with Crippen LogP contribution in [0.25, 0.3) is 11.5 Å². The van der Waals surface area contributed by atoms with Gasteiger partial charge in [-0.1, -0.05) is 58.8 Å². The summed E-state index contributed by atoms with van der Waals surface area (Å²) >= 11 is 0. The molecule has 2 saturated heterocycles. The number of rotatable bonds is 4. The van der Waals surface area contributed by atoms with Crippen molar-refractivity contribution >= 4 is 17.5 Å². The van der Waals surface area contributed by atoms with Crippen LogP contribution in [0.1, 0.15) is 46.7 Å². The molecule has 2 spiro atoms. The number of oxime groups is 1. The summed E-state index contributed by atoms with van der Waals surface area (Å²) in [5.74, 6) is 2.54. The van der Waals surface area contributed by atoms with Crippen molar-refractivity contribution in [1.82, 2.24) is 30.5 Å². The van der Waals surface area contributed by atoms with Gasteiger partial charge in [-0.25, -0.2) is 0 Å². The largest absolute Gasteiger partial charge is 0.409 e. The number of benzene rings is 2. The van der Waals surface area contributed by atoms with Crippen LogP contribution in [-0.4, -0.2) is 67.8 Å². The van der Waals surface area contributed by atoms with E-state index in [1.54, 1.807) is 13.0 Å². The molecule has 14 nitrogen and oxygen atoms in total. The summed E-state index contributed by atoms with van der Waals surface area (Å²) in [6.45, 7) is 6.39. The maximum atomic E-state index is 8.67. The number of hydrogen-bond acceptors (Lipinski definition) is 13. The van der Waals surface area contributed by atoms with Gasteiger partial charge in [-0.2, -0.15) is 4.98 Å². The number of aromatic nitrogens is 6. The van der Waals surface area contributed by atoms with Crippen LogP contribution >= 0.6 is 0 Å². The van der Waals surface area contributed by atoms with Gasteiger partial charge < -0.3 is 34.7 Å². The highest BCUT2D eigenvalue weighted by Gasteiger charge is 2.47. The van der Waals surface area contributed by atoms with Gasteiger partial charge in [0.2, 0.25) is 11.7 Å². The van der Waals surface area contributed by atoms with E-state index >= 15 is 0 Å². The summed E-state index contributed by atoms with van der Waals surface area (Å²) in [6, 6.07) is 24.2. The van der Waals surface area contributed by atoms with Crippen LogP contribution in [0, 0.1) is 6.92 Å². The summed E-state index contributed by atoms with van der Waals surface area (Å²) in [7, 11) is 0. The molecule has 2 aromatic carbocycles. The van der Waals surface area contributed by atoms with E-state index in [-0.39, 0.29) is 17.0 Å². The van der Waals surface area contributed by atoms with E-state index in [1.165, 1.54) is 22.3 Å². The fraction of sp³-hybridized carbons (Fsp3) is 0.324. The molecule has 2 atom stereocenters. The summed E-state index contributed by atoms with van der Waals surface area (Å²) < 4.78 is 17.3. The monoisotopic (exact) mass is 646 g/mol. The lowest BCUT2D eigenvalue weighted by Gasteiger charge is -2.25. The number of ether oxygens (including phenoxy) is 2. The SMILES string of the molecule is Cc1nc(-c2ccc(N3CCC4(C3)OCc3ccccc34)nn2)no1.NC(=NO)c1ccc(N2CCC3(C2)OCc2ccccc23)nn1. The summed E-state index contributed by atoms with van der Waals surface area (Å²) in [4.78, 5) is 8.56. The Hall–Kier alpha value is -5.47. The predicted molar refractivity (Wildman–Crippen MR) is 174 cm³/mol. The number of nitrogens with two attached hydrogens (primary N) is 1. The molecule has 7 heterocycles. The van der Waals surface area contributed by atoms with E-state index in [0.29, 0.717) is 36.3 Å². The Bertz CT molecular complexity index is 1970. The van der Waals surface area contributed by atoms with Crippen LogP contribution in [0.2, 0.25) is 0 Å². The normalized spacial score (nSPS) is 22.6. The Labute approximate surface area is 276 Å². The molecule has 0 radical (unpaired) electrons. The Balaban J connectivity index is 0.000000141. The van der Waals surface area contributed by atoms with Crippen molar-refractivity contribution in [3.05, 3.63) is 107 Å². The van der Waals surface area contributed by atoms with Gasteiger partial charge in [0.25, 0.3) is 0 Å². The van der Waals surface area contributed by atoms with E-state index in [0.717, 1.165) is 50.7 Å². The third-order valence-electron chi connectivity index (χ3n) is 9.56. The molecule has 3 aromatic heterocycles. The summed E-state index contributed by atoms with van der Waals surface area (Å²) in [5, 5.41) is 32.3. The lowest BCUT2D eigenvalue weighted by molar-refractivity contribution is -0.0206. The standard InChI is InChI=1S/C18H17N5O2.C16H17N5O2/c1-12-19-17(22-25-12)15-6-7-16(21-20-15)23-9-8-18(11-23)14-5-3-2-4-13(14)10-24-18;17-15(20-22)13-5-6-14(19-18-13)21-8-7-16(10-21)12-4-2-1-3-11(12)9-23-16/h2-7H,8-11H2,1H3;1-6,22H,7-10H2,(H2,17,20). The molecule has 48 heavy (non-hydrogen) atoms. The average Bonchev–Trinajstić information content (AvgIpc) is 3.99. The number of nitrogens with zero attached hydrogens (tertiary/aromatic N) is 9. The molecule has 14 heteroatoms. The first-order valence-electron chi connectivity index (χ1n) is 15.9. The van der Waals surface area contributed by atoms with Gasteiger partial charge in [0.05, 0.1) is 26.3 Å². The highest BCUT2D eigenvalue weighted by atomic mass is 16.5. The number of anilines is 2. The first kappa shape index (κ1) is 29.9. The molecular weight excluding hydrogens is 612 g/mol. The molecule has 2 unspecified atom stereocenters. The zero-order valence-corrected chi connectivity index (χ0v) is 26.4. The van der Waals surface area contributed by atoms with E-state index < -0.39 is 0 Å². The van der Waals surface area contributed by atoms with Crippen molar-refractivity contribution < 1.29 is 19.2 Å². The fourth-order valence-electron chi connectivity index (χ4n) is 7.10. The highest BCUT2D eigenvalue weighted by Crippen LogP contribution is 2.45. The van der Waals surface area contributed by atoms with E-state index in [4.69, 9.17) is 24.9 Å². The van der Waals surface area contributed by atoms with Crippen molar-refractivity contribution in [1.29, 1.82) is 0 Å². The molecule has 0 saturated carbocycles. The number of hydrogen-bond donors (Lipinski definition) is 2. The van der Waals surface area contributed by atoms with Crippen LogP contribution in [0.5, 0.6) is 0 Å². The van der Waals surface area contributed by atoms with Gasteiger partial charge in [0.15, 0.2) is 17.5 Å². The van der Waals surface area contributed by atoms with Crippen molar-refractivity contribution in [2.75, 3.05) is 36.0 Å². The van der Waals surface area contributed by atoms with Crippen molar-refractivity contribution in [2.24, 2.45) is 10.9 Å². The van der Waals surface area contributed by atoms with Gasteiger partial charge >= 0.3 is 0 Å². The minimum Gasteiger partial charge on any atom is -0.409 e. The van der Waals surface area contributed by atoms with Crippen LogP contribution in [0.15, 0.2) is 82.5 Å². The fourth-order valence-corrected chi connectivity index (χ4v) is 7.10. The van der Waals surface area contributed by atoms with Gasteiger partial charge in [0.1, 0.15) is 22.6 Å². The van der Waals surface area contributed by atoms with Crippen LogP contribution < -0.4 is 15.5 Å². The van der Waals surface area contributed by atoms with Crippen molar-refractivity contribution in [2.45, 2.75) is 44.2 Å². The molecule has 244 valence electrons. The maximum Gasteiger partial charge on any atom is 0.223 e. The van der Waals surface area contributed by atoms with Gasteiger partial charge in [-0.3, -0.25) is 0 Å². The van der Waals surface area contributed by atoms with E-state index in [2.05, 4.69) is 88.0 Å². The molecule has 3 N–H and O–H groups in total. The first-order chi connectivity index (χ1) is 23.5. The van der Waals surface area contributed by atoms with Gasteiger partial charge in [-0.05, 0) is 59.4 Å². The molecule has 5 aromatic rings. The van der Waals surface area contributed by atoms with Crippen LogP contribution in [0.3, 0.4) is 0 Å². The molecule has 0 bridgehead atoms. The highest BCUT2D eigenvalue weighted by molar-refractivity contribution is 5.95. The Kier molecular flexibility index (Phi) is 7.45. The third kappa shape index (κ3) is 5.28. The van der Waals surface area contributed by atoms with Crippen LogP contribution in [0.4, 0.5) is 11.6 Å². The van der Waals surface area contributed by atoms with Gasteiger partial charge in [0, 0.05) is 20.0 Å². The van der Waals surface area contributed by atoms with Gasteiger partial charge in [-0.15, -0.1) is 20.4 Å². The van der Waals surface area contributed by atoms with Crippen molar-refractivity contribution in [3.63, 3.8) is 0 Å². The number of amidine groups is 1. The molecule has 4 aliphatic rings. The van der Waals surface area contributed by atoms with Crippen LogP contribution in [-0.2, 0) is 33.9 Å². The molecule has 0 aliphatic carbocycles. The average molecular weight is 647 g/mol.